The first-order valence-corrected chi connectivity index (χ1v) is 6.39. The number of methoxy groups -OCH3 is 1. The Kier molecular flexibility index (Phi) is 4.04. The zero-order valence-corrected chi connectivity index (χ0v) is 11.9. The molecule has 0 saturated carbocycles. The fourth-order valence-electron chi connectivity index (χ4n) is 1.83. The molecule has 0 aliphatic heterocycles. The van der Waals surface area contributed by atoms with Gasteiger partial charge in [0.2, 0.25) is 0 Å². The van der Waals surface area contributed by atoms with E-state index in [1.807, 2.05) is 36.0 Å². The largest absolute Gasteiger partial charge is 0.497 e. The third-order valence-electron chi connectivity index (χ3n) is 2.82. The molecule has 5 heteroatoms. The molecule has 0 bridgehead atoms. The van der Waals surface area contributed by atoms with Crippen LogP contribution in [0, 0.1) is 0 Å². The van der Waals surface area contributed by atoms with Gasteiger partial charge in [-0.15, -0.1) is 0 Å². The molecule has 1 atom stereocenters. The lowest BCUT2D eigenvalue weighted by Gasteiger charge is -2.13. The molecule has 0 aliphatic rings. The van der Waals surface area contributed by atoms with Crippen LogP contribution < -0.4 is 4.74 Å². The normalized spacial score (nSPS) is 12.4. The lowest BCUT2D eigenvalue weighted by molar-refractivity contribution is 0.164. The number of aliphatic hydroxyl groups is 1. The second-order valence-corrected chi connectivity index (χ2v) is 4.93. The van der Waals surface area contributed by atoms with E-state index >= 15 is 0 Å². The van der Waals surface area contributed by atoms with Crippen LogP contribution in [0.3, 0.4) is 0 Å². The van der Waals surface area contributed by atoms with Crippen molar-refractivity contribution in [3.05, 3.63) is 46.5 Å². The Hall–Kier alpha value is -1.33. The van der Waals surface area contributed by atoms with Gasteiger partial charge < -0.3 is 14.4 Å². The van der Waals surface area contributed by atoms with E-state index in [4.69, 9.17) is 4.74 Å². The van der Waals surface area contributed by atoms with E-state index in [1.165, 1.54) is 0 Å². The standard InChI is InChI=1S/C13H15BrN2O2/c1-16-6-5-15-13(16)12(17)8-9-7-10(18-2)3-4-11(9)14/h3-7,12,17H,8H2,1-2H3. The molecule has 0 spiro atoms. The highest BCUT2D eigenvalue weighted by molar-refractivity contribution is 9.10. The van der Waals surface area contributed by atoms with Gasteiger partial charge >= 0.3 is 0 Å². The second kappa shape index (κ2) is 5.54. The van der Waals surface area contributed by atoms with Crippen molar-refractivity contribution in [3.63, 3.8) is 0 Å². The molecule has 18 heavy (non-hydrogen) atoms. The summed E-state index contributed by atoms with van der Waals surface area (Å²) in [6, 6.07) is 5.70. The van der Waals surface area contributed by atoms with E-state index in [2.05, 4.69) is 20.9 Å². The summed E-state index contributed by atoms with van der Waals surface area (Å²) < 4.78 is 7.96. The maximum Gasteiger partial charge on any atom is 0.137 e. The number of benzene rings is 1. The molecule has 0 amide bonds. The van der Waals surface area contributed by atoms with Crippen molar-refractivity contribution in [1.29, 1.82) is 0 Å². The van der Waals surface area contributed by atoms with Gasteiger partial charge in [-0.25, -0.2) is 4.98 Å². The van der Waals surface area contributed by atoms with E-state index in [0.717, 1.165) is 15.8 Å². The lowest BCUT2D eigenvalue weighted by atomic mass is 10.1. The van der Waals surface area contributed by atoms with Crippen molar-refractivity contribution in [2.45, 2.75) is 12.5 Å². The van der Waals surface area contributed by atoms with Crippen LogP contribution in [0.4, 0.5) is 0 Å². The van der Waals surface area contributed by atoms with E-state index in [0.29, 0.717) is 12.2 Å². The highest BCUT2D eigenvalue weighted by Crippen LogP contribution is 2.26. The Labute approximate surface area is 114 Å². The van der Waals surface area contributed by atoms with Crippen molar-refractivity contribution in [2.24, 2.45) is 7.05 Å². The first kappa shape index (κ1) is 13.1. The van der Waals surface area contributed by atoms with Crippen molar-refractivity contribution in [3.8, 4) is 5.75 Å². The van der Waals surface area contributed by atoms with Crippen molar-refractivity contribution >= 4 is 15.9 Å². The van der Waals surface area contributed by atoms with Crippen LogP contribution >= 0.6 is 15.9 Å². The van der Waals surface area contributed by atoms with Crippen molar-refractivity contribution in [2.75, 3.05) is 7.11 Å². The average Bonchev–Trinajstić information content (AvgIpc) is 2.78. The Morgan fingerprint density at radius 1 is 1.50 bits per heavy atom. The smallest absolute Gasteiger partial charge is 0.137 e. The summed E-state index contributed by atoms with van der Waals surface area (Å²) in [6.45, 7) is 0. The van der Waals surface area contributed by atoms with Gasteiger partial charge in [0.15, 0.2) is 0 Å². The van der Waals surface area contributed by atoms with Crippen LogP contribution in [0.2, 0.25) is 0 Å². The quantitative estimate of drug-likeness (QED) is 0.943. The number of hydrogen-bond acceptors (Lipinski definition) is 3. The molecular formula is C13H15BrN2O2. The maximum absolute atomic E-state index is 10.2. The van der Waals surface area contributed by atoms with Gasteiger partial charge in [-0.1, -0.05) is 15.9 Å². The molecule has 2 aromatic rings. The molecule has 1 unspecified atom stereocenters. The first-order chi connectivity index (χ1) is 8.61. The number of rotatable bonds is 4. The molecule has 0 aliphatic carbocycles. The summed E-state index contributed by atoms with van der Waals surface area (Å²) >= 11 is 3.48. The average molecular weight is 311 g/mol. The molecule has 1 aromatic heterocycles. The maximum atomic E-state index is 10.2. The molecular weight excluding hydrogens is 296 g/mol. The number of imidazole rings is 1. The van der Waals surface area contributed by atoms with Gasteiger partial charge in [0.25, 0.3) is 0 Å². The van der Waals surface area contributed by atoms with Crippen LogP contribution in [0.1, 0.15) is 17.5 Å². The van der Waals surface area contributed by atoms with Gasteiger partial charge in [0.1, 0.15) is 17.7 Å². The van der Waals surface area contributed by atoms with E-state index in [-0.39, 0.29) is 0 Å². The van der Waals surface area contributed by atoms with Crippen LogP contribution in [-0.2, 0) is 13.5 Å². The minimum Gasteiger partial charge on any atom is -0.497 e. The molecule has 1 heterocycles. The zero-order chi connectivity index (χ0) is 13.1. The molecule has 0 saturated heterocycles. The summed E-state index contributed by atoms with van der Waals surface area (Å²) in [5, 5.41) is 10.2. The SMILES string of the molecule is COc1ccc(Br)c(CC(O)c2nccn2C)c1. The summed E-state index contributed by atoms with van der Waals surface area (Å²) in [4.78, 5) is 4.15. The topological polar surface area (TPSA) is 47.3 Å². The highest BCUT2D eigenvalue weighted by Gasteiger charge is 2.15. The van der Waals surface area contributed by atoms with Gasteiger partial charge in [0, 0.05) is 30.3 Å². The minimum absolute atomic E-state index is 0.489. The van der Waals surface area contributed by atoms with Crippen molar-refractivity contribution in [1.82, 2.24) is 9.55 Å². The van der Waals surface area contributed by atoms with Gasteiger partial charge in [-0.2, -0.15) is 0 Å². The molecule has 2 rings (SSSR count). The van der Waals surface area contributed by atoms with Crippen LogP contribution in [-0.4, -0.2) is 21.8 Å². The number of aromatic nitrogens is 2. The first-order valence-electron chi connectivity index (χ1n) is 5.59. The predicted molar refractivity (Wildman–Crippen MR) is 72.6 cm³/mol. The van der Waals surface area contributed by atoms with Crippen molar-refractivity contribution < 1.29 is 9.84 Å². The van der Waals surface area contributed by atoms with Crippen LogP contribution in [0.5, 0.6) is 5.75 Å². The summed E-state index contributed by atoms with van der Waals surface area (Å²) in [5.41, 5.74) is 0.991. The Balaban J connectivity index is 2.21. The van der Waals surface area contributed by atoms with E-state index in [1.54, 1.807) is 13.3 Å². The van der Waals surface area contributed by atoms with Gasteiger partial charge in [-0.05, 0) is 23.8 Å². The number of halogens is 1. The van der Waals surface area contributed by atoms with Crippen LogP contribution in [0.15, 0.2) is 35.1 Å². The molecule has 0 fully saturated rings. The molecule has 1 aromatic carbocycles. The second-order valence-electron chi connectivity index (χ2n) is 4.07. The van der Waals surface area contributed by atoms with Crippen LogP contribution in [0.25, 0.3) is 0 Å². The highest BCUT2D eigenvalue weighted by atomic mass is 79.9. The Morgan fingerprint density at radius 2 is 2.28 bits per heavy atom. The molecule has 96 valence electrons. The zero-order valence-electron chi connectivity index (χ0n) is 10.3. The lowest BCUT2D eigenvalue weighted by Crippen LogP contribution is -2.08. The fourth-order valence-corrected chi connectivity index (χ4v) is 2.24. The van der Waals surface area contributed by atoms with E-state index in [9.17, 15) is 5.11 Å². The molecule has 4 nitrogen and oxygen atoms in total. The Bertz CT molecular complexity index is 540. The summed E-state index contributed by atoms with van der Waals surface area (Å²) in [6.07, 6.45) is 3.36. The monoisotopic (exact) mass is 310 g/mol. The third kappa shape index (κ3) is 2.73. The minimum atomic E-state index is -0.631. The third-order valence-corrected chi connectivity index (χ3v) is 3.60. The molecule has 0 radical (unpaired) electrons. The number of aliphatic hydroxyl groups excluding tert-OH is 1. The number of nitrogens with zero attached hydrogens (tertiary/aromatic N) is 2. The molecule has 1 N–H and O–H groups in total. The number of ether oxygens (including phenoxy) is 1. The van der Waals surface area contributed by atoms with Gasteiger partial charge in [-0.3, -0.25) is 0 Å². The number of aryl methyl sites for hydroxylation is 1. The van der Waals surface area contributed by atoms with E-state index < -0.39 is 6.10 Å². The summed E-state index contributed by atoms with van der Waals surface area (Å²) in [7, 11) is 3.49. The summed E-state index contributed by atoms with van der Waals surface area (Å²) in [5.74, 6) is 1.44. The number of hydrogen-bond donors (Lipinski definition) is 1. The fraction of sp³-hybridized carbons (Fsp3) is 0.308. The van der Waals surface area contributed by atoms with Gasteiger partial charge in [0.05, 0.1) is 7.11 Å². The predicted octanol–water partition coefficient (Wildman–Crippen LogP) is 2.47. The Morgan fingerprint density at radius 3 is 2.89 bits per heavy atom.